The van der Waals surface area contributed by atoms with Gasteiger partial charge in [-0.1, -0.05) is 0 Å². The van der Waals surface area contributed by atoms with Crippen LogP contribution in [0.2, 0.25) is 0 Å². The Balaban J connectivity index is 2.39. The molecule has 1 aromatic rings. The van der Waals surface area contributed by atoms with Crippen molar-refractivity contribution >= 4 is 11.5 Å². The predicted molar refractivity (Wildman–Crippen MR) is 54.8 cm³/mol. The minimum Gasteiger partial charge on any atom is -0.481 e. The van der Waals surface area contributed by atoms with Gasteiger partial charge in [-0.05, 0) is 31.1 Å². The van der Waals surface area contributed by atoms with Gasteiger partial charge in [0.25, 0.3) is 0 Å². The van der Waals surface area contributed by atoms with Crippen LogP contribution in [0.4, 0.5) is 0 Å². The van der Waals surface area contributed by atoms with E-state index in [0.717, 1.165) is 16.3 Å². The number of hydrogen-bond acceptors (Lipinski definition) is 3. The van der Waals surface area contributed by atoms with Crippen LogP contribution >= 0.6 is 0 Å². The molecule has 1 aromatic heterocycles. The molecule has 1 aliphatic heterocycles. The minimum absolute atomic E-state index is 0.0641. The van der Waals surface area contributed by atoms with Crippen LogP contribution in [-0.4, -0.2) is 22.1 Å². The second-order valence-electron chi connectivity index (χ2n) is 3.60. The van der Waals surface area contributed by atoms with E-state index in [1.54, 1.807) is 6.20 Å². The van der Waals surface area contributed by atoms with Crippen LogP contribution < -0.4 is 10.7 Å². The Kier molecular flexibility index (Phi) is 2.49. The largest absolute Gasteiger partial charge is 0.481 e. The van der Waals surface area contributed by atoms with Crippen molar-refractivity contribution in [3.63, 3.8) is 0 Å². The molecule has 2 rings (SSSR count). The molecule has 0 unspecified atom stereocenters. The van der Waals surface area contributed by atoms with E-state index < -0.39 is 5.97 Å². The van der Waals surface area contributed by atoms with Crippen LogP contribution in [0.25, 0.3) is 5.57 Å². The van der Waals surface area contributed by atoms with Gasteiger partial charge in [-0.15, -0.1) is 0 Å². The maximum atomic E-state index is 10.5. The molecule has 0 amide bonds. The van der Waals surface area contributed by atoms with Gasteiger partial charge in [-0.2, -0.15) is 0 Å². The van der Waals surface area contributed by atoms with Gasteiger partial charge in [-0.3, -0.25) is 9.79 Å². The first-order chi connectivity index (χ1) is 7.18. The zero-order valence-corrected chi connectivity index (χ0v) is 8.47. The molecule has 0 radical (unpaired) electrons. The second kappa shape index (κ2) is 3.81. The minimum atomic E-state index is -0.771. The second-order valence-corrected chi connectivity index (χ2v) is 3.60. The molecule has 15 heavy (non-hydrogen) atoms. The summed E-state index contributed by atoms with van der Waals surface area (Å²) < 4.78 is 0. The van der Waals surface area contributed by atoms with E-state index in [-0.39, 0.29) is 12.5 Å². The van der Waals surface area contributed by atoms with E-state index in [4.69, 9.17) is 5.11 Å². The van der Waals surface area contributed by atoms with Gasteiger partial charge in [0.15, 0.2) is 5.49 Å². The number of hydrogen-bond donors (Lipinski definition) is 1. The van der Waals surface area contributed by atoms with Gasteiger partial charge >= 0.3 is 5.97 Å². The van der Waals surface area contributed by atoms with E-state index in [0.29, 0.717) is 6.42 Å². The summed E-state index contributed by atoms with van der Waals surface area (Å²) >= 11 is 0. The van der Waals surface area contributed by atoms with Crippen LogP contribution in [-0.2, 0) is 4.79 Å². The van der Waals surface area contributed by atoms with Gasteiger partial charge in [0.1, 0.15) is 0 Å². The summed E-state index contributed by atoms with van der Waals surface area (Å²) in [7, 11) is 0. The Morgan fingerprint density at radius 3 is 3.13 bits per heavy atom. The third-order valence-corrected chi connectivity index (χ3v) is 2.56. The number of aliphatic carboxylic acids is 1. The molecule has 78 valence electrons. The SMILES string of the molecule is C[C@@H]1N=c2ncccc2=C1CCC(=O)O. The van der Waals surface area contributed by atoms with E-state index in [1.807, 2.05) is 19.1 Å². The number of carbonyl (C=O) groups is 1. The Labute approximate surface area is 87.0 Å². The smallest absolute Gasteiger partial charge is 0.303 e. The summed E-state index contributed by atoms with van der Waals surface area (Å²) in [6, 6.07) is 3.87. The van der Waals surface area contributed by atoms with Crippen LogP contribution in [0, 0.1) is 0 Å². The first kappa shape index (κ1) is 9.83. The molecule has 1 atom stereocenters. The molecule has 0 spiro atoms. The highest BCUT2D eigenvalue weighted by atomic mass is 16.4. The topological polar surface area (TPSA) is 62.5 Å². The van der Waals surface area contributed by atoms with Crippen LogP contribution in [0.3, 0.4) is 0 Å². The van der Waals surface area contributed by atoms with Gasteiger partial charge in [0.2, 0.25) is 0 Å². The molecule has 1 aliphatic rings. The Morgan fingerprint density at radius 1 is 1.60 bits per heavy atom. The number of aromatic nitrogens is 1. The Bertz CT molecular complexity index is 508. The number of nitrogens with zero attached hydrogens (tertiary/aromatic N) is 2. The Morgan fingerprint density at radius 2 is 2.40 bits per heavy atom. The van der Waals surface area contributed by atoms with E-state index in [1.165, 1.54) is 0 Å². The van der Waals surface area contributed by atoms with Crippen LogP contribution in [0.15, 0.2) is 23.3 Å². The predicted octanol–water partition coefficient (Wildman–Crippen LogP) is 0.119. The number of carboxylic acid groups (broad SMARTS) is 1. The van der Waals surface area contributed by atoms with Crippen molar-refractivity contribution in [3.8, 4) is 0 Å². The van der Waals surface area contributed by atoms with E-state index in [2.05, 4.69) is 9.98 Å². The van der Waals surface area contributed by atoms with Crippen molar-refractivity contribution in [1.82, 2.24) is 4.98 Å². The lowest BCUT2D eigenvalue weighted by molar-refractivity contribution is -0.136. The molecule has 0 fully saturated rings. The zero-order chi connectivity index (χ0) is 10.8. The van der Waals surface area contributed by atoms with Crippen LogP contribution in [0.5, 0.6) is 0 Å². The molecule has 4 nitrogen and oxygen atoms in total. The molecule has 0 aromatic carbocycles. The summed E-state index contributed by atoms with van der Waals surface area (Å²) in [6.07, 6.45) is 2.41. The molecule has 4 heteroatoms. The monoisotopic (exact) mass is 204 g/mol. The van der Waals surface area contributed by atoms with Crippen molar-refractivity contribution in [2.75, 3.05) is 0 Å². The van der Waals surface area contributed by atoms with Crippen molar-refractivity contribution < 1.29 is 9.90 Å². The molecule has 0 aliphatic carbocycles. The quantitative estimate of drug-likeness (QED) is 0.760. The summed E-state index contributed by atoms with van der Waals surface area (Å²) in [5.41, 5.74) is 1.82. The third kappa shape index (κ3) is 1.88. The molecular weight excluding hydrogens is 192 g/mol. The van der Waals surface area contributed by atoms with Gasteiger partial charge in [0, 0.05) is 17.8 Å². The average Bonchev–Trinajstić information content (AvgIpc) is 2.50. The summed E-state index contributed by atoms with van der Waals surface area (Å²) in [6.45, 7) is 1.97. The molecule has 0 saturated heterocycles. The van der Waals surface area contributed by atoms with E-state index >= 15 is 0 Å². The Hall–Kier alpha value is -1.71. The fourth-order valence-corrected chi connectivity index (χ4v) is 1.82. The average molecular weight is 204 g/mol. The lowest BCUT2D eigenvalue weighted by Gasteiger charge is -2.04. The van der Waals surface area contributed by atoms with Crippen LogP contribution in [0.1, 0.15) is 19.8 Å². The standard InChI is InChI=1S/C11H12N2O2/c1-7-8(4-5-10(14)15)9-3-2-6-12-11(9)13-7/h2-3,6-7H,4-5H2,1H3,(H,14,15)/t7-/m0/s1. The molecule has 0 saturated carbocycles. The fourth-order valence-electron chi connectivity index (χ4n) is 1.82. The lowest BCUT2D eigenvalue weighted by Crippen LogP contribution is -2.25. The van der Waals surface area contributed by atoms with Gasteiger partial charge in [0.05, 0.1) is 6.04 Å². The summed E-state index contributed by atoms with van der Waals surface area (Å²) in [5, 5.41) is 9.65. The first-order valence-electron chi connectivity index (χ1n) is 4.92. The molecule has 1 N–H and O–H groups in total. The van der Waals surface area contributed by atoms with Crippen molar-refractivity contribution in [2.24, 2.45) is 4.99 Å². The van der Waals surface area contributed by atoms with Crippen molar-refractivity contribution in [3.05, 3.63) is 29.0 Å². The number of fused-ring (bicyclic) bond motifs is 1. The number of pyridine rings is 1. The molecule has 0 bridgehead atoms. The summed E-state index contributed by atoms with van der Waals surface area (Å²) in [4.78, 5) is 19.0. The lowest BCUT2D eigenvalue weighted by atomic mass is 10.0. The third-order valence-electron chi connectivity index (χ3n) is 2.56. The van der Waals surface area contributed by atoms with Gasteiger partial charge < -0.3 is 5.11 Å². The zero-order valence-electron chi connectivity index (χ0n) is 8.47. The maximum absolute atomic E-state index is 10.5. The van der Waals surface area contributed by atoms with E-state index in [9.17, 15) is 4.79 Å². The maximum Gasteiger partial charge on any atom is 0.303 e. The molecule has 2 heterocycles. The number of rotatable bonds is 3. The normalized spacial score (nSPS) is 18.5. The fraction of sp³-hybridized carbons (Fsp3) is 0.364. The highest BCUT2D eigenvalue weighted by Crippen LogP contribution is 2.14. The molecular formula is C11H12N2O2. The van der Waals surface area contributed by atoms with Crippen molar-refractivity contribution in [1.29, 1.82) is 0 Å². The van der Waals surface area contributed by atoms with Gasteiger partial charge in [-0.25, -0.2) is 4.98 Å². The summed E-state index contributed by atoms with van der Waals surface area (Å²) in [5.74, 6) is -0.771. The number of carboxylic acids is 1. The van der Waals surface area contributed by atoms with Crippen molar-refractivity contribution in [2.45, 2.75) is 25.8 Å². The first-order valence-corrected chi connectivity index (χ1v) is 4.92. The highest BCUT2D eigenvalue weighted by Gasteiger charge is 2.15. The highest BCUT2D eigenvalue weighted by molar-refractivity contribution is 5.69.